The van der Waals surface area contributed by atoms with Crippen molar-refractivity contribution in [3.8, 4) is 0 Å². The third-order valence-corrected chi connectivity index (χ3v) is 7.18. The number of ether oxygens (including phenoxy) is 2. The number of phosphoric ester groups is 1. The Hall–Kier alpha value is -1.76. The maximum Gasteiger partial charge on any atom is 0.472 e. The summed E-state index contributed by atoms with van der Waals surface area (Å²) >= 11 is 7.34. The van der Waals surface area contributed by atoms with Gasteiger partial charge in [-0.2, -0.15) is 0 Å². The van der Waals surface area contributed by atoms with E-state index in [-0.39, 0.29) is 12.4 Å². The molecule has 11 nitrogen and oxygen atoms in total. The highest BCUT2D eigenvalue weighted by Gasteiger charge is 2.54. The quantitative estimate of drug-likeness (QED) is 0.526. The van der Waals surface area contributed by atoms with E-state index >= 15 is 0 Å². The number of imidazole rings is 1. The average Bonchev–Trinajstić information content (AvgIpc) is 3.26. The molecule has 0 radical (unpaired) electrons. The number of phosphoric acid groups is 1. The second-order valence-corrected chi connectivity index (χ2v) is 9.73. The fraction of sp³-hybridized carbons (Fsp3) is 0.353. The van der Waals surface area contributed by atoms with Crippen molar-refractivity contribution < 1.29 is 28.0 Å². The predicted octanol–water partition coefficient (Wildman–Crippen LogP) is 2.64. The number of halogens is 1. The number of nitrogen functional groups attached to an aromatic ring is 1. The zero-order chi connectivity index (χ0) is 21.8. The lowest BCUT2D eigenvalue weighted by atomic mass is 10.1. The summed E-state index contributed by atoms with van der Waals surface area (Å²) in [5.74, 6) is 0.213. The van der Waals surface area contributed by atoms with Crippen LogP contribution in [0.15, 0.2) is 40.6 Å². The molecular formula is C17H17ClN5O6PS. The molecule has 2 aliphatic heterocycles. The summed E-state index contributed by atoms with van der Waals surface area (Å²) in [6.45, 7) is -0.113. The van der Waals surface area contributed by atoms with E-state index in [0.29, 0.717) is 21.3 Å². The first kappa shape index (κ1) is 21.1. The highest BCUT2D eigenvalue weighted by Crippen LogP contribution is 2.53. The van der Waals surface area contributed by atoms with Gasteiger partial charge in [0.15, 0.2) is 28.4 Å². The van der Waals surface area contributed by atoms with Gasteiger partial charge in [-0.15, -0.1) is 0 Å². The fourth-order valence-electron chi connectivity index (χ4n) is 3.60. The van der Waals surface area contributed by atoms with E-state index in [2.05, 4.69) is 15.0 Å². The third kappa shape index (κ3) is 3.83. The van der Waals surface area contributed by atoms with Crippen LogP contribution < -0.4 is 5.73 Å². The molecular weight excluding hydrogens is 469 g/mol. The molecule has 2 fully saturated rings. The van der Waals surface area contributed by atoms with Crippen LogP contribution in [0, 0.1) is 0 Å². The largest absolute Gasteiger partial charge is 0.472 e. The molecule has 0 saturated carbocycles. The van der Waals surface area contributed by atoms with E-state index in [9.17, 15) is 9.46 Å². The number of anilines is 1. The lowest BCUT2D eigenvalue weighted by Gasteiger charge is -2.29. The molecule has 0 aliphatic carbocycles. The number of aromatic nitrogens is 4. The van der Waals surface area contributed by atoms with Gasteiger partial charge < -0.3 is 20.1 Å². The molecule has 1 aromatic carbocycles. The number of benzene rings is 1. The van der Waals surface area contributed by atoms with Gasteiger partial charge in [-0.3, -0.25) is 13.6 Å². The van der Waals surface area contributed by atoms with Gasteiger partial charge in [0.25, 0.3) is 0 Å². The van der Waals surface area contributed by atoms with Crippen molar-refractivity contribution >= 4 is 48.2 Å². The molecule has 14 heteroatoms. The summed E-state index contributed by atoms with van der Waals surface area (Å²) in [5, 5.41) is 1.13. The van der Waals surface area contributed by atoms with Crippen LogP contribution in [0.1, 0.15) is 6.23 Å². The van der Waals surface area contributed by atoms with E-state index in [1.807, 2.05) is 12.1 Å². The van der Waals surface area contributed by atoms with Crippen molar-refractivity contribution in [3.63, 3.8) is 0 Å². The molecule has 5 atom stereocenters. The normalized spacial score (nSPS) is 30.5. The first-order valence-electron chi connectivity index (χ1n) is 9.12. The van der Waals surface area contributed by atoms with Gasteiger partial charge in [0.1, 0.15) is 24.6 Å². The van der Waals surface area contributed by atoms with Crippen molar-refractivity contribution in [1.29, 1.82) is 0 Å². The molecule has 3 aromatic rings. The number of nitrogens with zero attached hydrogens (tertiary/aromatic N) is 4. The Balaban J connectivity index is 1.60. The Kier molecular flexibility index (Phi) is 5.43. The Morgan fingerprint density at radius 1 is 1.35 bits per heavy atom. The maximum atomic E-state index is 12.0. The van der Waals surface area contributed by atoms with Crippen LogP contribution >= 0.6 is 31.2 Å². The van der Waals surface area contributed by atoms with Gasteiger partial charge in [-0.1, -0.05) is 23.4 Å². The minimum atomic E-state index is -4.19. The van der Waals surface area contributed by atoms with Crippen LogP contribution in [-0.2, 0) is 23.1 Å². The molecule has 2 aliphatic rings. The SMILES string of the molecule is CO[C@@H]1[C@@H]2OP(=O)(O)OC[C@H]2O[C@H]1n1c(Sc2ccc(Cl)cc2)nc2c(N)ncnc21. The Bertz CT molecular complexity index is 1180. The number of hydrogen-bond donors (Lipinski definition) is 2. The van der Waals surface area contributed by atoms with Gasteiger partial charge in [0, 0.05) is 17.0 Å². The van der Waals surface area contributed by atoms with Crippen LogP contribution in [0.5, 0.6) is 0 Å². The third-order valence-electron chi connectivity index (χ3n) is 4.96. The topological polar surface area (TPSA) is 144 Å². The first-order chi connectivity index (χ1) is 14.9. The molecule has 3 N–H and O–H groups in total. The van der Waals surface area contributed by atoms with Gasteiger partial charge in [0.2, 0.25) is 0 Å². The minimum Gasteiger partial charge on any atom is -0.382 e. The van der Waals surface area contributed by atoms with Crippen molar-refractivity contribution in [3.05, 3.63) is 35.6 Å². The molecule has 2 saturated heterocycles. The smallest absolute Gasteiger partial charge is 0.382 e. The summed E-state index contributed by atoms with van der Waals surface area (Å²) in [6, 6.07) is 7.25. The Labute approximate surface area is 185 Å². The van der Waals surface area contributed by atoms with Crippen LogP contribution in [0.2, 0.25) is 5.02 Å². The molecule has 1 unspecified atom stereocenters. The van der Waals surface area contributed by atoms with E-state index < -0.39 is 32.4 Å². The number of nitrogens with two attached hydrogens (primary N) is 1. The second-order valence-electron chi connectivity index (χ2n) is 6.85. The Morgan fingerprint density at radius 2 is 2.13 bits per heavy atom. The van der Waals surface area contributed by atoms with Gasteiger partial charge in [-0.05, 0) is 24.3 Å². The molecule has 5 rings (SSSR count). The van der Waals surface area contributed by atoms with E-state index in [1.54, 1.807) is 16.7 Å². The van der Waals surface area contributed by atoms with Gasteiger partial charge >= 0.3 is 7.82 Å². The second kappa shape index (κ2) is 7.98. The summed E-state index contributed by atoms with van der Waals surface area (Å²) in [4.78, 5) is 23.6. The fourth-order valence-corrected chi connectivity index (χ4v) is 5.59. The molecule has 164 valence electrons. The van der Waals surface area contributed by atoms with Gasteiger partial charge in [0.05, 0.1) is 6.61 Å². The standard InChI is InChI=1S/C17H17ClN5O6PS/c1-26-13-12-10(6-27-30(24,25)29-12)28-16(13)23-15-11(14(19)20-7-21-15)22-17(23)31-9-4-2-8(18)3-5-9/h2-5,7,10,12-13,16H,6H2,1H3,(H,24,25)(H2,19,20,21)/t10-,12-,13-,16-/m1/s1. The van der Waals surface area contributed by atoms with Crippen LogP contribution in [0.3, 0.4) is 0 Å². The minimum absolute atomic E-state index is 0.113. The van der Waals surface area contributed by atoms with Crippen LogP contribution in [0.4, 0.5) is 5.82 Å². The zero-order valence-corrected chi connectivity index (χ0v) is 18.5. The molecule has 0 amide bonds. The monoisotopic (exact) mass is 485 g/mol. The lowest BCUT2D eigenvalue weighted by Crippen LogP contribution is -2.40. The zero-order valence-electron chi connectivity index (χ0n) is 16.0. The summed E-state index contributed by atoms with van der Waals surface area (Å²) in [6.07, 6.45) is -1.60. The van der Waals surface area contributed by atoms with E-state index in [1.165, 1.54) is 25.2 Å². The van der Waals surface area contributed by atoms with Crippen molar-refractivity contribution in [1.82, 2.24) is 19.5 Å². The molecule has 0 spiro atoms. The average molecular weight is 486 g/mol. The number of methoxy groups -OCH3 is 1. The maximum absolute atomic E-state index is 12.0. The van der Waals surface area contributed by atoms with E-state index in [4.69, 9.17) is 35.9 Å². The highest BCUT2D eigenvalue weighted by atomic mass is 35.5. The van der Waals surface area contributed by atoms with Gasteiger partial charge in [-0.25, -0.2) is 19.5 Å². The number of rotatable bonds is 4. The molecule has 31 heavy (non-hydrogen) atoms. The summed E-state index contributed by atoms with van der Waals surface area (Å²) in [7, 11) is -2.71. The Morgan fingerprint density at radius 3 is 2.87 bits per heavy atom. The van der Waals surface area contributed by atoms with Crippen molar-refractivity contribution in [2.45, 2.75) is 34.6 Å². The lowest BCUT2D eigenvalue weighted by molar-refractivity contribution is -0.0690. The molecule has 0 bridgehead atoms. The summed E-state index contributed by atoms with van der Waals surface area (Å²) < 4.78 is 35.6. The predicted molar refractivity (Wildman–Crippen MR) is 111 cm³/mol. The number of hydrogen-bond acceptors (Lipinski definition) is 10. The summed E-state index contributed by atoms with van der Waals surface area (Å²) in [5.41, 5.74) is 6.86. The first-order valence-corrected chi connectivity index (χ1v) is 11.8. The van der Waals surface area contributed by atoms with Crippen LogP contribution in [0.25, 0.3) is 11.2 Å². The van der Waals surface area contributed by atoms with Crippen molar-refractivity contribution in [2.24, 2.45) is 0 Å². The molecule has 4 heterocycles. The molecule has 2 aromatic heterocycles. The number of fused-ring (bicyclic) bond motifs is 2. The van der Waals surface area contributed by atoms with Crippen LogP contribution in [-0.4, -0.2) is 56.4 Å². The van der Waals surface area contributed by atoms with E-state index in [0.717, 1.165) is 4.90 Å². The van der Waals surface area contributed by atoms with Crippen molar-refractivity contribution in [2.75, 3.05) is 19.5 Å². The highest BCUT2D eigenvalue weighted by molar-refractivity contribution is 7.99.